The number of aryl methyl sites for hydroxylation is 1. The summed E-state index contributed by atoms with van der Waals surface area (Å²) in [6.07, 6.45) is 9.65. The smallest absolute Gasteiger partial charge is 0.272 e. The number of nitrogens with one attached hydrogen (secondary N) is 2. The largest absolute Gasteiger partial charge is 0.356 e. The highest BCUT2D eigenvalue weighted by molar-refractivity contribution is 7.10. The Morgan fingerprint density at radius 2 is 1.67 bits per heavy atom. The van der Waals surface area contributed by atoms with Crippen molar-refractivity contribution in [2.24, 2.45) is 0 Å². The van der Waals surface area contributed by atoms with Crippen LogP contribution in [0.4, 0.5) is 4.39 Å². The highest BCUT2D eigenvalue weighted by atomic mass is 32.1. The molecule has 2 aromatic heterocycles. The minimum atomic E-state index is -0.616. The summed E-state index contributed by atoms with van der Waals surface area (Å²) in [5, 5.41) is 23.0. The van der Waals surface area contributed by atoms with Crippen molar-refractivity contribution >= 4 is 51.8 Å². The Morgan fingerprint density at radius 3 is 2.38 bits per heavy atom. The van der Waals surface area contributed by atoms with Gasteiger partial charge in [0, 0.05) is 76.0 Å². The number of H-pyrrole nitrogens is 1. The molecule has 13 nitrogen and oxygen atoms in total. The van der Waals surface area contributed by atoms with E-state index in [1.54, 1.807) is 51.5 Å². The van der Waals surface area contributed by atoms with Crippen LogP contribution in [0.5, 0.6) is 0 Å². The summed E-state index contributed by atoms with van der Waals surface area (Å²) in [6.45, 7) is 3.99. The van der Waals surface area contributed by atoms with E-state index in [2.05, 4.69) is 27.4 Å². The number of aromatic amines is 1. The number of benzene rings is 3. The van der Waals surface area contributed by atoms with Crippen molar-refractivity contribution in [2.75, 3.05) is 39.8 Å². The molecule has 1 fully saturated rings. The Labute approximate surface area is 370 Å². The van der Waals surface area contributed by atoms with Gasteiger partial charge < -0.3 is 20.0 Å². The number of unbranched alkanes of at least 4 members (excludes halogenated alkanes) is 3. The van der Waals surface area contributed by atoms with Crippen molar-refractivity contribution in [1.82, 2.24) is 35.2 Å². The van der Waals surface area contributed by atoms with E-state index in [1.807, 2.05) is 42.5 Å². The van der Waals surface area contributed by atoms with Crippen molar-refractivity contribution in [2.45, 2.75) is 77.2 Å². The van der Waals surface area contributed by atoms with Gasteiger partial charge in [-0.2, -0.15) is 10.4 Å². The lowest BCUT2D eigenvalue weighted by atomic mass is 9.98. The maximum Gasteiger partial charge on any atom is 0.272 e. The second kappa shape index (κ2) is 22.5. The van der Waals surface area contributed by atoms with Gasteiger partial charge in [-0.3, -0.25) is 24.0 Å². The van der Waals surface area contributed by atoms with Gasteiger partial charge in [-0.15, -0.1) is 11.3 Å². The third-order valence-electron chi connectivity index (χ3n) is 11.4. The standard InChI is InChI=1S/C48H53FN8O5S/c1-3-10-42(55(2)47(61)36(32-50)31-44-52-23-28-63-44)35-18-14-33(15-19-35)17-21-43(58)51-22-9-5-4-6-13-45(59)56-24-26-57(27-25-56)48(62)39-29-34(16-20-40(39)49)30-41-37-11-7-8-12-38(37)46(60)54-53-41/h7-8,11-12,14-16,18-20,23,28-29,31,42H,3-6,9-10,13,17,21-22,24-27,30H2,1-2H3,(H,51,58)(H,54,60)/b36-31+. The van der Waals surface area contributed by atoms with E-state index >= 15 is 0 Å². The van der Waals surface area contributed by atoms with E-state index in [0.29, 0.717) is 85.4 Å². The average Bonchev–Trinajstić information content (AvgIpc) is 3.83. The summed E-state index contributed by atoms with van der Waals surface area (Å²) in [5.74, 6) is -1.38. The molecule has 1 atom stereocenters. The third-order valence-corrected chi connectivity index (χ3v) is 12.1. The number of carbonyl (C=O) groups is 4. The SMILES string of the molecule is CCCC(c1ccc(CCC(=O)NCCCCCCC(=O)N2CCN(C(=O)c3cc(Cc4n[nH]c(=O)c5ccccc45)ccc3F)CC2)cc1)N(C)C(=O)/C(C#N)=C/c1nccs1. The number of amides is 4. The molecule has 0 radical (unpaired) electrons. The zero-order chi connectivity index (χ0) is 44.7. The number of hydrogen-bond acceptors (Lipinski definition) is 9. The lowest BCUT2D eigenvalue weighted by molar-refractivity contribution is -0.132. The van der Waals surface area contributed by atoms with E-state index in [9.17, 15) is 33.6 Å². The predicted molar refractivity (Wildman–Crippen MR) is 241 cm³/mol. The topological polar surface area (TPSA) is 172 Å². The first kappa shape index (κ1) is 46.0. The van der Waals surface area contributed by atoms with E-state index in [0.717, 1.165) is 49.7 Å². The van der Waals surface area contributed by atoms with Crippen LogP contribution in [0.1, 0.15) is 102 Å². The summed E-state index contributed by atoms with van der Waals surface area (Å²) in [4.78, 5) is 73.5. The monoisotopic (exact) mass is 872 g/mol. The molecule has 5 aromatic rings. The number of likely N-dealkylation sites (N-methyl/N-ethyl adjacent to an activating group) is 1. The second-order valence-corrected chi connectivity index (χ2v) is 16.7. The van der Waals surface area contributed by atoms with Crippen molar-refractivity contribution in [1.29, 1.82) is 5.26 Å². The van der Waals surface area contributed by atoms with Crippen LogP contribution in [0.25, 0.3) is 16.8 Å². The molecule has 3 aromatic carbocycles. The molecule has 1 aliphatic rings. The minimum absolute atomic E-state index is 0.0237. The average molecular weight is 873 g/mol. The van der Waals surface area contributed by atoms with E-state index in [4.69, 9.17) is 0 Å². The molecule has 0 saturated carbocycles. The quantitative estimate of drug-likeness (QED) is 0.0507. The van der Waals surface area contributed by atoms with Gasteiger partial charge in [0.25, 0.3) is 17.4 Å². The number of nitrogens with zero attached hydrogens (tertiary/aromatic N) is 6. The van der Waals surface area contributed by atoms with Crippen LogP contribution in [0.2, 0.25) is 0 Å². The molecule has 1 aliphatic heterocycles. The summed E-state index contributed by atoms with van der Waals surface area (Å²) < 4.78 is 14.9. The molecule has 0 bridgehead atoms. The molecular formula is C48H53FN8O5S. The van der Waals surface area contributed by atoms with Crippen LogP contribution in [-0.4, -0.2) is 93.3 Å². The van der Waals surface area contributed by atoms with Crippen molar-refractivity contribution < 1.29 is 23.6 Å². The Morgan fingerprint density at radius 1 is 0.952 bits per heavy atom. The molecule has 2 N–H and O–H groups in total. The highest BCUT2D eigenvalue weighted by Gasteiger charge is 2.27. The van der Waals surface area contributed by atoms with Crippen LogP contribution >= 0.6 is 11.3 Å². The Hall–Kier alpha value is -6.53. The zero-order valence-electron chi connectivity index (χ0n) is 35.8. The van der Waals surface area contributed by atoms with E-state index in [-0.39, 0.29) is 40.5 Å². The number of halogens is 1. The van der Waals surface area contributed by atoms with Gasteiger partial charge in [0.15, 0.2) is 0 Å². The number of aromatic nitrogens is 3. The highest BCUT2D eigenvalue weighted by Crippen LogP contribution is 2.27. The number of hydrogen-bond donors (Lipinski definition) is 2. The Bertz CT molecular complexity index is 2510. The summed E-state index contributed by atoms with van der Waals surface area (Å²) in [5.41, 5.74) is 3.01. The molecule has 3 heterocycles. The Balaban J connectivity index is 0.855. The molecule has 328 valence electrons. The fourth-order valence-electron chi connectivity index (χ4n) is 7.83. The molecular weight excluding hydrogens is 820 g/mol. The lowest BCUT2D eigenvalue weighted by Crippen LogP contribution is -2.50. The summed E-state index contributed by atoms with van der Waals surface area (Å²) >= 11 is 1.36. The van der Waals surface area contributed by atoms with Gasteiger partial charge in [-0.25, -0.2) is 14.5 Å². The number of piperazine rings is 1. The summed E-state index contributed by atoms with van der Waals surface area (Å²) in [6, 6.07) is 21.3. The van der Waals surface area contributed by atoms with Crippen LogP contribution in [0.15, 0.2) is 88.7 Å². The van der Waals surface area contributed by atoms with Gasteiger partial charge in [0.05, 0.1) is 22.7 Å². The number of fused-ring (bicyclic) bond motifs is 1. The minimum Gasteiger partial charge on any atom is -0.356 e. The van der Waals surface area contributed by atoms with Crippen LogP contribution < -0.4 is 10.9 Å². The number of rotatable bonds is 19. The third kappa shape index (κ3) is 12.3. The molecule has 15 heteroatoms. The maximum absolute atomic E-state index is 14.9. The molecule has 1 unspecified atom stereocenters. The van der Waals surface area contributed by atoms with E-state index < -0.39 is 11.7 Å². The first-order chi connectivity index (χ1) is 30.6. The number of carbonyl (C=O) groups excluding carboxylic acids is 4. The normalized spacial score (nSPS) is 13.4. The van der Waals surface area contributed by atoms with Gasteiger partial charge >= 0.3 is 0 Å². The second-order valence-electron chi connectivity index (χ2n) is 15.7. The zero-order valence-corrected chi connectivity index (χ0v) is 36.6. The maximum atomic E-state index is 14.9. The first-order valence-corrected chi connectivity index (χ1v) is 22.4. The molecule has 6 rings (SSSR count). The summed E-state index contributed by atoms with van der Waals surface area (Å²) in [7, 11) is 1.72. The van der Waals surface area contributed by atoms with E-state index in [1.165, 1.54) is 29.5 Å². The van der Waals surface area contributed by atoms with Crippen molar-refractivity contribution in [3.8, 4) is 6.07 Å². The van der Waals surface area contributed by atoms with Gasteiger partial charge in [0.1, 0.15) is 22.5 Å². The fourth-order valence-corrected chi connectivity index (χ4v) is 8.40. The molecule has 1 saturated heterocycles. The van der Waals surface area contributed by atoms with Gasteiger partial charge in [0.2, 0.25) is 11.8 Å². The van der Waals surface area contributed by atoms with Crippen LogP contribution in [-0.2, 0) is 27.2 Å². The van der Waals surface area contributed by atoms with Crippen molar-refractivity contribution in [3.63, 3.8) is 0 Å². The molecule has 0 aliphatic carbocycles. The lowest BCUT2D eigenvalue weighted by Gasteiger charge is -2.35. The van der Waals surface area contributed by atoms with Crippen LogP contribution in [0, 0.1) is 17.1 Å². The van der Waals surface area contributed by atoms with Gasteiger partial charge in [-0.05, 0) is 66.6 Å². The molecule has 0 spiro atoms. The molecule has 63 heavy (non-hydrogen) atoms. The van der Waals surface area contributed by atoms with Crippen LogP contribution in [0.3, 0.4) is 0 Å². The predicted octanol–water partition coefficient (Wildman–Crippen LogP) is 7.00. The fraction of sp³-hybridized carbons (Fsp3) is 0.375. The first-order valence-electron chi connectivity index (χ1n) is 21.5. The number of thiazole rings is 1. The van der Waals surface area contributed by atoms with Crippen molar-refractivity contribution in [3.05, 3.63) is 133 Å². The van der Waals surface area contributed by atoms with Gasteiger partial charge in [-0.1, -0.05) is 74.7 Å². The Kier molecular flexibility index (Phi) is 16.4. The molecule has 4 amide bonds. The number of nitriles is 1.